The number of hydrogen-bond acceptors (Lipinski definition) is 4. The molecule has 0 atom stereocenters. The SMILES string of the molecule is Cc1c(NC(=O)CNC(=O)NCc2ccccc2)cccc1C(=O)NCCO. The zero-order chi connectivity index (χ0) is 20.4. The van der Waals surface area contributed by atoms with Gasteiger partial charge in [-0.25, -0.2) is 4.79 Å². The molecule has 4 amide bonds. The van der Waals surface area contributed by atoms with Crippen LogP contribution in [0.5, 0.6) is 0 Å². The third-order valence-electron chi connectivity index (χ3n) is 3.96. The molecule has 2 aromatic rings. The Morgan fingerprint density at radius 2 is 1.68 bits per heavy atom. The molecule has 0 saturated heterocycles. The summed E-state index contributed by atoms with van der Waals surface area (Å²) in [5.41, 5.74) is 2.43. The van der Waals surface area contributed by atoms with E-state index in [0.717, 1.165) is 5.56 Å². The van der Waals surface area contributed by atoms with Gasteiger partial charge in [0.1, 0.15) is 0 Å². The van der Waals surface area contributed by atoms with Crippen LogP contribution in [0.1, 0.15) is 21.5 Å². The summed E-state index contributed by atoms with van der Waals surface area (Å²) in [6, 6.07) is 13.9. The van der Waals surface area contributed by atoms with E-state index in [4.69, 9.17) is 5.11 Å². The number of rotatable bonds is 8. The lowest BCUT2D eigenvalue weighted by molar-refractivity contribution is -0.115. The van der Waals surface area contributed by atoms with Gasteiger partial charge in [-0.05, 0) is 30.2 Å². The molecule has 5 N–H and O–H groups in total. The summed E-state index contributed by atoms with van der Waals surface area (Å²) in [7, 11) is 0. The molecule has 2 rings (SSSR count). The predicted molar refractivity (Wildman–Crippen MR) is 106 cm³/mol. The van der Waals surface area contributed by atoms with Gasteiger partial charge in [-0.1, -0.05) is 36.4 Å². The van der Waals surface area contributed by atoms with Gasteiger partial charge < -0.3 is 26.4 Å². The van der Waals surface area contributed by atoms with Crippen molar-refractivity contribution in [3.8, 4) is 0 Å². The van der Waals surface area contributed by atoms with Gasteiger partial charge in [0, 0.05) is 24.3 Å². The van der Waals surface area contributed by atoms with Gasteiger partial charge in [0.15, 0.2) is 0 Å². The Bertz CT molecular complexity index is 824. The van der Waals surface area contributed by atoms with Crippen LogP contribution in [0, 0.1) is 6.92 Å². The summed E-state index contributed by atoms with van der Waals surface area (Å²) >= 11 is 0. The number of benzene rings is 2. The van der Waals surface area contributed by atoms with Crippen LogP contribution < -0.4 is 21.3 Å². The van der Waals surface area contributed by atoms with Crippen LogP contribution in [-0.2, 0) is 11.3 Å². The first-order valence-electron chi connectivity index (χ1n) is 8.85. The lowest BCUT2D eigenvalue weighted by atomic mass is 10.1. The molecule has 0 aliphatic heterocycles. The second-order valence-electron chi connectivity index (χ2n) is 6.03. The molecule has 0 spiro atoms. The van der Waals surface area contributed by atoms with E-state index < -0.39 is 11.9 Å². The highest BCUT2D eigenvalue weighted by molar-refractivity contribution is 6.00. The van der Waals surface area contributed by atoms with Crippen LogP contribution in [0.15, 0.2) is 48.5 Å². The van der Waals surface area contributed by atoms with E-state index in [0.29, 0.717) is 23.4 Å². The largest absolute Gasteiger partial charge is 0.395 e. The molecule has 28 heavy (non-hydrogen) atoms. The van der Waals surface area contributed by atoms with Crippen molar-refractivity contribution in [2.75, 3.05) is 25.0 Å². The fraction of sp³-hybridized carbons (Fsp3) is 0.250. The second-order valence-corrected chi connectivity index (χ2v) is 6.03. The summed E-state index contributed by atoms with van der Waals surface area (Å²) in [6.07, 6.45) is 0. The van der Waals surface area contributed by atoms with Crippen molar-refractivity contribution in [1.82, 2.24) is 16.0 Å². The molecule has 8 heteroatoms. The molecule has 148 valence electrons. The third-order valence-corrected chi connectivity index (χ3v) is 3.96. The Morgan fingerprint density at radius 3 is 2.39 bits per heavy atom. The van der Waals surface area contributed by atoms with Crippen molar-refractivity contribution < 1.29 is 19.5 Å². The van der Waals surface area contributed by atoms with Gasteiger partial charge in [0.2, 0.25) is 5.91 Å². The second kappa shape index (κ2) is 10.7. The van der Waals surface area contributed by atoms with Gasteiger partial charge in [-0.15, -0.1) is 0 Å². The molecule has 0 aliphatic carbocycles. The Kier molecular flexibility index (Phi) is 7.98. The third kappa shape index (κ3) is 6.40. The standard InChI is InChI=1S/C20H24N4O4/c1-14-16(19(27)21-10-11-25)8-5-9-17(14)24-18(26)13-23-20(28)22-12-15-6-3-2-4-7-15/h2-9,25H,10-13H2,1H3,(H,21,27)(H,24,26)(H2,22,23,28). The van der Waals surface area contributed by atoms with Crippen LogP contribution in [0.3, 0.4) is 0 Å². The van der Waals surface area contributed by atoms with Gasteiger partial charge >= 0.3 is 6.03 Å². The number of carbonyl (C=O) groups is 3. The average Bonchev–Trinajstić information content (AvgIpc) is 2.71. The molecule has 0 radical (unpaired) electrons. The summed E-state index contributed by atoms with van der Waals surface area (Å²) in [5, 5.41) is 19.2. The van der Waals surface area contributed by atoms with Crippen LogP contribution >= 0.6 is 0 Å². The maximum atomic E-state index is 12.1. The molecule has 0 saturated carbocycles. The molecule has 0 fully saturated rings. The molecular formula is C20H24N4O4. The van der Waals surface area contributed by atoms with Crippen molar-refractivity contribution in [3.63, 3.8) is 0 Å². The van der Waals surface area contributed by atoms with Crippen molar-refractivity contribution >= 4 is 23.5 Å². The fourth-order valence-electron chi connectivity index (χ4n) is 2.48. The number of amides is 4. The number of aliphatic hydroxyl groups excluding tert-OH is 1. The van der Waals surface area contributed by atoms with Crippen LogP contribution in [0.25, 0.3) is 0 Å². The zero-order valence-electron chi connectivity index (χ0n) is 15.6. The number of hydrogen-bond donors (Lipinski definition) is 5. The molecule has 8 nitrogen and oxygen atoms in total. The van der Waals surface area contributed by atoms with E-state index in [1.54, 1.807) is 25.1 Å². The molecule has 0 aliphatic rings. The molecule has 0 aromatic heterocycles. The first kappa shape index (κ1) is 20.9. The van der Waals surface area contributed by atoms with E-state index in [-0.39, 0.29) is 25.6 Å². The fourth-order valence-corrected chi connectivity index (χ4v) is 2.48. The maximum absolute atomic E-state index is 12.1. The van der Waals surface area contributed by atoms with Crippen molar-refractivity contribution in [2.24, 2.45) is 0 Å². The molecular weight excluding hydrogens is 360 g/mol. The maximum Gasteiger partial charge on any atom is 0.315 e. The highest BCUT2D eigenvalue weighted by atomic mass is 16.3. The molecule has 2 aromatic carbocycles. The van der Waals surface area contributed by atoms with Crippen molar-refractivity contribution in [2.45, 2.75) is 13.5 Å². The highest BCUT2D eigenvalue weighted by Crippen LogP contribution is 2.18. The minimum absolute atomic E-state index is 0.150. The minimum Gasteiger partial charge on any atom is -0.395 e. The average molecular weight is 384 g/mol. The summed E-state index contributed by atoms with van der Waals surface area (Å²) in [5.74, 6) is -0.744. The van der Waals surface area contributed by atoms with Crippen molar-refractivity contribution in [1.29, 1.82) is 0 Å². The molecule has 0 unspecified atom stereocenters. The number of urea groups is 1. The van der Waals surface area contributed by atoms with Gasteiger partial charge in [-0.2, -0.15) is 0 Å². The monoisotopic (exact) mass is 384 g/mol. The van der Waals surface area contributed by atoms with Gasteiger partial charge in [-0.3, -0.25) is 9.59 Å². The van der Waals surface area contributed by atoms with E-state index in [2.05, 4.69) is 21.3 Å². The Hall–Kier alpha value is -3.39. The Morgan fingerprint density at radius 1 is 0.929 bits per heavy atom. The summed E-state index contributed by atoms with van der Waals surface area (Å²) < 4.78 is 0. The Balaban J connectivity index is 1.84. The van der Waals surface area contributed by atoms with E-state index >= 15 is 0 Å². The number of aliphatic hydroxyl groups is 1. The highest BCUT2D eigenvalue weighted by Gasteiger charge is 2.13. The normalized spacial score (nSPS) is 10.1. The van der Waals surface area contributed by atoms with Gasteiger partial charge in [0.25, 0.3) is 5.91 Å². The van der Waals surface area contributed by atoms with Crippen LogP contribution in [0.4, 0.5) is 10.5 Å². The molecule has 0 bridgehead atoms. The lowest BCUT2D eigenvalue weighted by Gasteiger charge is -2.13. The predicted octanol–water partition coefficient (Wildman–Crippen LogP) is 1.16. The lowest BCUT2D eigenvalue weighted by Crippen LogP contribution is -2.39. The van der Waals surface area contributed by atoms with Crippen molar-refractivity contribution in [3.05, 3.63) is 65.2 Å². The van der Waals surface area contributed by atoms with Crippen LogP contribution in [0.2, 0.25) is 0 Å². The Labute approximate surface area is 163 Å². The first-order chi connectivity index (χ1) is 13.5. The quantitative estimate of drug-likeness (QED) is 0.469. The smallest absolute Gasteiger partial charge is 0.315 e. The topological polar surface area (TPSA) is 120 Å². The first-order valence-corrected chi connectivity index (χ1v) is 8.85. The van der Waals surface area contributed by atoms with E-state index in [9.17, 15) is 14.4 Å². The minimum atomic E-state index is -0.451. The molecule has 0 heterocycles. The van der Waals surface area contributed by atoms with E-state index in [1.807, 2.05) is 30.3 Å². The number of carbonyl (C=O) groups excluding carboxylic acids is 3. The van der Waals surface area contributed by atoms with E-state index in [1.165, 1.54) is 0 Å². The number of anilines is 1. The van der Waals surface area contributed by atoms with Crippen LogP contribution in [-0.4, -0.2) is 42.6 Å². The summed E-state index contributed by atoms with van der Waals surface area (Å²) in [6.45, 7) is 1.86. The number of nitrogens with one attached hydrogen (secondary N) is 4. The summed E-state index contributed by atoms with van der Waals surface area (Å²) in [4.78, 5) is 36.0. The zero-order valence-corrected chi connectivity index (χ0v) is 15.6. The van der Waals surface area contributed by atoms with Gasteiger partial charge in [0.05, 0.1) is 13.2 Å².